The fourth-order valence-electron chi connectivity index (χ4n) is 1.85. The van der Waals surface area contributed by atoms with Crippen LogP contribution in [0, 0.1) is 12.8 Å². The van der Waals surface area contributed by atoms with Gasteiger partial charge < -0.3 is 10.1 Å². The second kappa shape index (κ2) is 7.41. The van der Waals surface area contributed by atoms with Gasteiger partial charge >= 0.3 is 0 Å². The van der Waals surface area contributed by atoms with Gasteiger partial charge in [-0.15, -0.1) is 0 Å². The number of aromatic nitrogens is 1. The van der Waals surface area contributed by atoms with Gasteiger partial charge in [-0.05, 0) is 31.4 Å². The van der Waals surface area contributed by atoms with Crippen molar-refractivity contribution in [3.05, 3.63) is 29.6 Å². The number of hydrogen-bond acceptors (Lipinski definition) is 3. The molecule has 96 valence electrons. The first-order valence-electron chi connectivity index (χ1n) is 6.28. The monoisotopic (exact) mass is 236 g/mol. The quantitative estimate of drug-likeness (QED) is 0.790. The van der Waals surface area contributed by atoms with Gasteiger partial charge in [0.05, 0.1) is 5.69 Å². The lowest BCUT2D eigenvalue weighted by Crippen LogP contribution is -2.34. The van der Waals surface area contributed by atoms with Crippen LogP contribution in [0.5, 0.6) is 0 Å². The van der Waals surface area contributed by atoms with Crippen LogP contribution in [-0.4, -0.2) is 24.7 Å². The molecule has 3 nitrogen and oxygen atoms in total. The molecule has 0 fully saturated rings. The third kappa shape index (κ3) is 5.29. The van der Waals surface area contributed by atoms with Gasteiger partial charge in [0, 0.05) is 32.0 Å². The van der Waals surface area contributed by atoms with Gasteiger partial charge in [0.15, 0.2) is 0 Å². The molecule has 1 atom stereocenters. The summed E-state index contributed by atoms with van der Waals surface area (Å²) in [6.07, 6.45) is 1.04. The Hall–Kier alpha value is -0.930. The molecule has 1 rings (SSSR count). The average molecular weight is 236 g/mol. The predicted octanol–water partition coefficient (Wildman–Crippen LogP) is 2.54. The van der Waals surface area contributed by atoms with Crippen molar-refractivity contribution in [1.82, 2.24) is 10.3 Å². The number of hydrogen-bond donors (Lipinski definition) is 1. The van der Waals surface area contributed by atoms with E-state index in [-0.39, 0.29) is 0 Å². The van der Waals surface area contributed by atoms with E-state index < -0.39 is 0 Å². The zero-order chi connectivity index (χ0) is 12.7. The minimum absolute atomic E-state index is 0.484. The number of pyridine rings is 1. The molecule has 0 aromatic carbocycles. The third-order valence-corrected chi connectivity index (χ3v) is 2.93. The van der Waals surface area contributed by atoms with Gasteiger partial charge in [-0.2, -0.15) is 0 Å². The Kier molecular flexibility index (Phi) is 6.16. The second-order valence-corrected chi connectivity index (χ2v) is 4.78. The topological polar surface area (TPSA) is 34.1 Å². The molecule has 1 aromatic rings. The molecule has 0 spiro atoms. The summed E-state index contributed by atoms with van der Waals surface area (Å²) in [5.41, 5.74) is 2.18. The molecular weight excluding hydrogens is 212 g/mol. The van der Waals surface area contributed by atoms with Crippen molar-refractivity contribution in [2.45, 2.75) is 39.8 Å². The van der Waals surface area contributed by atoms with E-state index in [0.29, 0.717) is 12.0 Å². The van der Waals surface area contributed by atoms with Crippen LogP contribution < -0.4 is 5.32 Å². The summed E-state index contributed by atoms with van der Waals surface area (Å²) < 4.78 is 5.14. The van der Waals surface area contributed by atoms with E-state index >= 15 is 0 Å². The van der Waals surface area contributed by atoms with Crippen molar-refractivity contribution in [1.29, 1.82) is 0 Å². The first-order valence-corrected chi connectivity index (χ1v) is 6.28. The molecule has 1 N–H and O–H groups in total. The summed E-state index contributed by atoms with van der Waals surface area (Å²) >= 11 is 0. The maximum atomic E-state index is 5.14. The SMILES string of the molecule is COCCC(NCc1cccc(C)n1)C(C)C. The van der Waals surface area contributed by atoms with Crippen LogP contribution >= 0.6 is 0 Å². The molecule has 1 aromatic heterocycles. The van der Waals surface area contributed by atoms with Gasteiger partial charge in [-0.25, -0.2) is 0 Å². The molecule has 0 saturated heterocycles. The maximum absolute atomic E-state index is 5.14. The first kappa shape index (κ1) is 14.1. The van der Waals surface area contributed by atoms with Crippen LogP contribution in [0.15, 0.2) is 18.2 Å². The van der Waals surface area contributed by atoms with Crippen molar-refractivity contribution in [3.8, 4) is 0 Å². The maximum Gasteiger partial charge on any atom is 0.0544 e. The molecule has 0 aliphatic rings. The first-order chi connectivity index (χ1) is 8.13. The van der Waals surface area contributed by atoms with Gasteiger partial charge in [-0.1, -0.05) is 19.9 Å². The van der Waals surface area contributed by atoms with Crippen LogP contribution in [0.2, 0.25) is 0 Å². The molecule has 0 bridgehead atoms. The van der Waals surface area contributed by atoms with Crippen LogP contribution in [0.4, 0.5) is 0 Å². The summed E-state index contributed by atoms with van der Waals surface area (Å²) in [5.74, 6) is 0.606. The molecule has 0 aliphatic heterocycles. The molecule has 0 saturated carbocycles. The van der Waals surface area contributed by atoms with Crippen LogP contribution in [0.25, 0.3) is 0 Å². The van der Waals surface area contributed by atoms with E-state index in [0.717, 1.165) is 31.0 Å². The Morgan fingerprint density at radius 3 is 2.71 bits per heavy atom. The van der Waals surface area contributed by atoms with E-state index in [2.05, 4.69) is 36.3 Å². The van der Waals surface area contributed by atoms with Crippen molar-refractivity contribution in [2.24, 2.45) is 5.92 Å². The van der Waals surface area contributed by atoms with E-state index in [1.807, 2.05) is 13.0 Å². The molecule has 0 radical (unpaired) electrons. The summed E-state index contributed by atoms with van der Waals surface area (Å²) in [7, 11) is 1.75. The van der Waals surface area contributed by atoms with Crippen molar-refractivity contribution >= 4 is 0 Å². The van der Waals surface area contributed by atoms with Crippen LogP contribution in [-0.2, 0) is 11.3 Å². The Morgan fingerprint density at radius 2 is 2.12 bits per heavy atom. The molecule has 0 amide bonds. The highest BCUT2D eigenvalue weighted by Gasteiger charge is 2.12. The van der Waals surface area contributed by atoms with E-state index in [9.17, 15) is 0 Å². The summed E-state index contributed by atoms with van der Waals surface area (Å²) in [6, 6.07) is 6.62. The lowest BCUT2D eigenvalue weighted by atomic mass is 10.0. The minimum atomic E-state index is 0.484. The molecule has 0 aliphatic carbocycles. The van der Waals surface area contributed by atoms with E-state index in [4.69, 9.17) is 4.74 Å². The Labute approximate surface area is 105 Å². The number of methoxy groups -OCH3 is 1. The standard InChI is InChI=1S/C14H24N2O/c1-11(2)14(8-9-17-4)15-10-13-7-5-6-12(3)16-13/h5-7,11,14-15H,8-10H2,1-4H3. The predicted molar refractivity (Wildman–Crippen MR) is 70.9 cm³/mol. The number of nitrogens with one attached hydrogen (secondary N) is 1. The highest BCUT2D eigenvalue weighted by Crippen LogP contribution is 2.07. The minimum Gasteiger partial charge on any atom is -0.385 e. The third-order valence-electron chi connectivity index (χ3n) is 2.93. The highest BCUT2D eigenvalue weighted by molar-refractivity contribution is 5.09. The number of ether oxygens (including phenoxy) is 1. The second-order valence-electron chi connectivity index (χ2n) is 4.78. The normalized spacial score (nSPS) is 13.0. The van der Waals surface area contributed by atoms with Gasteiger partial charge in [0.2, 0.25) is 0 Å². The zero-order valence-corrected chi connectivity index (χ0v) is 11.4. The molecule has 1 unspecified atom stereocenters. The zero-order valence-electron chi connectivity index (χ0n) is 11.4. The van der Waals surface area contributed by atoms with Crippen molar-refractivity contribution in [2.75, 3.05) is 13.7 Å². The smallest absolute Gasteiger partial charge is 0.0544 e. The fourth-order valence-corrected chi connectivity index (χ4v) is 1.85. The Morgan fingerprint density at radius 1 is 1.35 bits per heavy atom. The molecule has 1 heterocycles. The van der Waals surface area contributed by atoms with Crippen molar-refractivity contribution < 1.29 is 4.74 Å². The van der Waals surface area contributed by atoms with E-state index in [1.54, 1.807) is 7.11 Å². The van der Waals surface area contributed by atoms with E-state index in [1.165, 1.54) is 0 Å². The molecule has 17 heavy (non-hydrogen) atoms. The largest absolute Gasteiger partial charge is 0.385 e. The molecular formula is C14H24N2O. The van der Waals surface area contributed by atoms with Gasteiger partial charge in [0.1, 0.15) is 0 Å². The fraction of sp³-hybridized carbons (Fsp3) is 0.643. The lowest BCUT2D eigenvalue weighted by Gasteiger charge is -2.22. The number of aryl methyl sites for hydroxylation is 1. The van der Waals surface area contributed by atoms with Crippen LogP contribution in [0.1, 0.15) is 31.7 Å². The van der Waals surface area contributed by atoms with Gasteiger partial charge in [-0.3, -0.25) is 4.98 Å². The molecule has 3 heteroatoms. The Bertz CT molecular complexity index is 326. The number of nitrogens with zero attached hydrogens (tertiary/aromatic N) is 1. The summed E-state index contributed by atoms with van der Waals surface area (Å²) in [6.45, 7) is 8.12. The highest BCUT2D eigenvalue weighted by atomic mass is 16.5. The summed E-state index contributed by atoms with van der Waals surface area (Å²) in [4.78, 5) is 4.49. The lowest BCUT2D eigenvalue weighted by molar-refractivity contribution is 0.173. The van der Waals surface area contributed by atoms with Crippen molar-refractivity contribution in [3.63, 3.8) is 0 Å². The van der Waals surface area contributed by atoms with Crippen LogP contribution in [0.3, 0.4) is 0 Å². The van der Waals surface area contributed by atoms with Gasteiger partial charge in [0.25, 0.3) is 0 Å². The summed E-state index contributed by atoms with van der Waals surface area (Å²) in [5, 5.41) is 3.56. The number of rotatable bonds is 7. The Balaban J connectivity index is 2.45. The average Bonchev–Trinajstić information content (AvgIpc) is 2.28.